The van der Waals surface area contributed by atoms with Gasteiger partial charge in [0.05, 0.1) is 0 Å². The zero-order valence-corrected chi connectivity index (χ0v) is 15.9. The van der Waals surface area contributed by atoms with Crippen LogP contribution in [0.3, 0.4) is 0 Å². The lowest BCUT2D eigenvalue weighted by atomic mass is 10.1. The second-order valence-electron chi connectivity index (χ2n) is 6.14. The van der Waals surface area contributed by atoms with E-state index in [0.717, 1.165) is 30.8 Å². The van der Waals surface area contributed by atoms with Gasteiger partial charge in [0.15, 0.2) is 0 Å². The molecule has 2 amide bonds. The fourth-order valence-electron chi connectivity index (χ4n) is 2.91. The molecule has 0 heterocycles. The highest BCUT2D eigenvalue weighted by atomic mass is 16.2. The van der Waals surface area contributed by atoms with Crippen LogP contribution in [0.5, 0.6) is 0 Å². The lowest BCUT2D eigenvalue weighted by molar-refractivity contribution is 0.0960. The van der Waals surface area contributed by atoms with Gasteiger partial charge in [0.2, 0.25) is 0 Å². The minimum atomic E-state index is -0.188. The van der Waals surface area contributed by atoms with Crippen molar-refractivity contribution in [2.24, 2.45) is 0 Å². The molecule has 0 fully saturated rings. The third-order valence-electron chi connectivity index (χ3n) is 4.42. The van der Waals surface area contributed by atoms with Crippen LogP contribution in [0.15, 0.2) is 42.5 Å². The molecule has 0 bridgehead atoms. The number of hydrogen-bond acceptors (Lipinski definition) is 3. The summed E-state index contributed by atoms with van der Waals surface area (Å²) in [6, 6.07) is 12.9. The van der Waals surface area contributed by atoms with Gasteiger partial charge in [0.25, 0.3) is 11.8 Å². The fourth-order valence-corrected chi connectivity index (χ4v) is 2.91. The molecular formula is C21H27N3O2. The summed E-state index contributed by atoms with van der Waals surface area (Å²) in [5.41, 5.74) is 3.65. The topological polar surface area (TPSA) is 61.4 Å². The van der Waals surface area contributed by atoms with Crippen molar-refractivity contribution < 1.29 is 9.59 Å². The summed E-state index contributed by atoms with van der Waals surface area (Å²) in [4.78, 5) is 26.7. The lowest BCUT2D eigenvalue weighted by Gasteiger charge is -2.22. The van der Waals surface area contributed by atoms with Crippen molar-refractivity contribution in [1.82, 2.24) is 5.32 Å². The second-order valence-corrected chi connectivity index (χ2v) is 6.14. The van der Waals surface area contributed by atoms with Gasteiger partial charge in [-0.05, 0) is 62.2 Å². The van der Waals surface area contributed by atoms with Gasteiger partial charge < -0.3 is 15.5 Å². The lowest BCUT2D eigenvalue weighted by Crippen LogP contribution is -2.23. The first-order valence-corrected chi connectivity index (χ1v) is 8.99. The highest BCUT2D eigenvalue weighted by molar-refractivity contribution is 6.06. The van der Waals surface area contributed by atoms with Crippen molar-refractivity contribution in [3.8, 4) is 0 Å². The summed E-state index contributed by atoms with van der Waals surface area (Å²) >= 11 is 0. The molecule has 0 aromatic heterocycles. The fraction of sp³-hybridized carbons (Fsp3) is 0.333. The van der Waals surface area contributed by atoms with Crippen molar-refractivity contribution in [3.63, 3.8) is 0 Å². The number of anilines is 2. The van der Waals surface area contributed by atoms with Gasteiger partial charge in [-0.1, -0.05) is 13.0 Å². The molecular weight excluding hydrogens is 326 g/mol. The summed E-state index contributed by atoms with van der Waals surface area (Å²) in [5, 5.41) is 5.51. The molecule has 0 aliphatic heterocycles. The molecule has 138 valence electrons. The Hall–Kier alpha value is -2.82. The minimum Gasteiger partial charge on any atom is -0.372 e. The molecule has 2 aromatic carbocycles. The molecule has 5 heteroatoms. The number of hydrogen-bond donors (Lipinski definition) is 2. The molecule has 0 aliphatic rings. The second kappa shape index (κ2) is 9.04. The maximum absolute atomic E-state index is 12.6. The highest BCUT2D eigenvalue weighted by Gasteiger charge is 2.13. The Labute approximate surface area is 155 Å². The van der Waals surface area contributed by atoms with Crippen LogP contribution < -0.4 is 15.5 Å². The van der Waals surface area contributed by atoms with Crippen LogP contribution >= 0.6 is 0 Å². The number of amides is 2. The minimum absolute atomic E-state index is 0.168. The van der Waals surface area contributed by atoms with Gasteiger partial charge in [-0.25, -0.2) is 0 Å². The van der Waals surface area contributed by atoms with Crippen LogP contribution in [-0.4, -0.2) is 32.0 Å². The zero-order chi connectivity index (χ0) is 19.1. The monoisotopic (exact) mass is 353 g/mol. The van der Waals surface area contributed by atoms with E-state index in [9.17, 15) is 9.59 Å². The number of rotatable bonds is 7. The molecule has 0 atom stereocenters. The van der Waals surface area contributed by atoms with Gasteiger partial charge in [0, 0.05) is 42.6 Å². The highest BCUT2D eigenvalue weighted by Crippen LogP contribution is 2.21. The average Bonchev–Trinajstić information content (AvgIpc) is 2.67. The predicted octanol–water partition coefficient (Wildman–Crippen LogP) is 3.84. The third kappa shape index (κ3) is 4.42. The molecule has 2 rings (SSSR count). The first-order valence-electron chi connectivity index (χ1n) is 8.99. The zero-order valence-electron chi connectivity index (χ0n) is 15.9. The van der Waals surface area contributed by atoms with Crippen molar-refractivity contribution in [3.05, 3.63) is 59.2 Å². The number of nitrogens with one attached hydrogen (secondary N) is 2. The van der Waals surface area contributed by atoms with Gasteiger partial charge in [0.1, 0.15) is 0 Å². The van der Waals surface area contributed by atoms with Crippen LogP contribution in [0.1, 0.15) is 46.5 Å². The SMILES string of the molecule is CCCN(CC)c1ccc(C(=O)Nc2cccc(C(=O)NC)c2C)cc1. The normalized spacial score (nSPS) is 10.3. The van der Waals surface area contributed by atoms with E-state index in [2.05, 4.69) is 29.4 Å². The molecule has 2 aromatic rings. The summed E-state index contributed by atoms with van der Waals surface area (Å²) in [6.07, 6.45) is 1.08. The van der Waals surface area contributed by atoms with E-state index in [1.165, 1.54) is 0 Å². The van der Waals surface area contributed by atoms with Crippen LogP contribution in [0.4, 0.5) is 11.4 Å². The van der Waals surface area contributed by atoms with Crippen LogP contribution in [0, 0.1) is 6.92 Å². The summed E-state index contributed by atoms with van der Waals surface area (Å²) in [7, 11) is 1.59. The first kappa shape index (κ1) is 19.5. The largest absolute Gasteiger partial charge is 0.372 e. The molecule has 0 spiro atoms. The van der Waals surface area contributed by atoms with E-state index >= 15 is 0 Å². The molecule has 0 saturated carbocycles. The van der Waals surface area contributed by atoms with E-state index < -0.39 is 0 Å². The number of carbonyl (C=O) groups excluding carboxylic acids is 2. The maximum atomic E-state index is 12.6. The number of benzene rings is 2. The Morgan fingerprint density at radius 1 is 1.00 bits per heavy atom. The third-order valence-corrected chi connectivity index (χ3v) is 4.42. The van der Waals surface area contributed by atoms with Gasteiger partial charge >= 0.3 is 0 Å². The van der Waals surface area contributed by atoms with E-state index in [0.29, 0.717) is 16.8 Å². The average molecular weight is 353 g/mol. The van der Waals surface area contributed by atoms with Gasteiger partial charge in [-0.2, -0.15) is 0 Å². The predicted molar refractivity (Wildman–Crippen MR) is 107 cm³/mol. The summed E-state index contributed by atoms with van der Waals surface area (Å²) < 4.78 is 0. The van der Waals surface area contributed by atoms with E-state index in [-0.39, 0.29) is 11.8 Å². The first-order chi connectivity index (χ1) is 12.5. The quantitative estimate of drug-likeness (QED) is 0.795. The Morgan fingerprint density at radius 2 is 1.69 bits per heavy atom. The summed E-state index contributed by atoms with van der Waals surface area (Å²) in [6.45, 7) is 8.03. The van der Waals surface area contributed by atoms with Crippen molar-refractivity contribution in [2.75, 3.05) is 30.4 Å². The number of carbonyl (C=O) groups is 2. The Morgan fingerprint density at radius 3 is 2.27 bits per heavy atom. The van der Waals surface area contributed by atoms with Gasteiger partial charge in [-0.15, -0.1) is 0 Å². The summed E-state index contributed by atoms with van der Waals surface area (Å²) in [5.74, 6) is -0.356. The van der Waals surface area contributed by atoms with E-state index in [4.69, 9.17) is 0 Å². The van der Waals surface area contributed by atoms with Crippen molar-refractivity contribution in [2.45, 2.75) is 27.2 Å². The smallest absolute Gasteiger partial charge is 0.255 e. The maximum Gasteiger partial charge on any atom is 0.255 e. The molecule has 0 aliphatic carbocycles. The molecule has 0 saturated heterocycles. The Balaban J connectivity index is 2.17. The van der Waals surface area contributed by atoms with E-state index in [1.807, 2.05) is 31.2 Å². The van der Waals surface area contributed by atoms with Crippen molar-refractivity contribution in [1.29, 1.82) is 0 Å². The van der Waals surface area contributed by atoms with Crippen LogP contribution in [0.2, 0.25) is 0 Å². The Kier molecular flexibility index (Phi) is 6.78. The van der Waals surface area contributed by atoms with Crippen molar-refractivity contribution >= 4 is 23.2 Å². The molecule has 2 N–H and O–H groups in total. The Bertz CT molecular complexity index is 769. The molecule has 0 unspecified atom stereocenters. The van der Waals surface area contributed by atoms with E-state index in [1.54, 1.807) is 25.2 Å². The molecule has 5 nitrogen and oxygen atoms in total. The molecule has 0 radical (unpaired) electrons. The molecule has 26 heavy (non-hydrogen) atoms. The van der Waals surface area contributed by atoms with Crippen LogP contribution in [0.25, 0.3) is 0 Å². The standard InChI is InChI=1S/C21H27N3O2/c1-5-14-24(6-2)17-12-10-16(11-13-17)20(25)23-19-9-7-8-18(15(19)3)21(26)22-4/h7-13H,5-6,14H2,1-4H3,(H,22,26)(H,23,25). The number of nitrogens with zero attached hydrogens (tertiary/aromatic N) is 1. The van der Waals surface area contributed by atoms with Gasteiger partial charge in [-0.3, -0.25) is 9.59 Å². The van der Waals surface area contributed by atoms with Crippen LogP contribution in [-0.2, 0) is 0 Å².